The van der Waals surface area contributed by atoms with Crippen LogP contribution < -0.4 is 20.1 Å². The zero-order chi connectivity index (χ0) is 21.1. The molecule has 2 N–H and O–H groups in total. The van der Waals surface area contributed by atoms with Gasteiger partial charge in [-0.05, 0) is 55.8 Å². The maximum absolute atomic E-state index is 12.8. The van der Waals surface area contributed by atoms with Crippen LogP contribution >= 0.6 is 0 Å². The van der Waals surface area contributed by atoms with Gasteiger partial charge in [0, 0.05) is 12.1 Å². The van der Waals surface area contributed by atoms with E-state index in [0.29, 0.717) is 34.9 Å². The Morgan fingerprint density at radius 3 is 2.40 bits per heavy atom. The average molecular weight is 402 g/mol. The number of anilines is 1. The second kappa shape index (κ2) is 8.29. The summed E-state index contributed by atoms with van der Waals surface area (Å²) in [6.07, 6.45) is 0. The summed E-state index contributed by atoms with van der Waals surface area (Å²) in [5.41, 5.74) is 4.33. The number of rotatable bonds is 5. The lowest BCUT2D eigenvalue weighted by Gasteiger charge is -2.12. The molecule has 152 valence electrons. The summed E-state index contributed by atoms with van der Waals surface area (Å²) in [5, 5.41) is 5.75. The van der Waals surface area contributed by atoms with Gasteiger partial charge < -0.3 is 20.1 Å². The first kappa shape index (κ1) is 19.5. The Balaban J connectivity index is 1.47. The van der Waals surface area contributed by atoms with Crippen molar-refractivity contribution in [2.24, 2.45) is 0 Å². The summed E-state index contributed by atoms with van der Waals surface area (Å²) in [6.45, 7) is 4.43. The van der Waals surface area contributed by atoms with Gasteiger partial charge in [0.25, 0.3) is 11.8 Å². The van der Waals surface area contributed by atoms with Gasteiger partial charge in [0.2, 0.25) is 6.79 Å². The third-order valence-electron chi connectivity index (χ3n) is 4.79. The van der Waals surface area contributed by atoms with Crippen molar-refractivity contribution < 1.29 is 19.1 Å². The number of fused-ring (bicyclic) bond motifs is 1. The molecule has 1 heterocycles. The van der Waals surface area contributed by atoms with E-state index in [0.717, 1.165) is 16.7 Å². The minimum absolute atomic E-state index is 0.207. The molecule has 0 unspecified atom stereocenters. The minimum Gasteiger partial charge on any atom is -0.454 e. The van der Waals surface area contributed by atoms with Crippen molar-refractivity contribution in [1.29, 1.82) is 0 Å². The Kier molecular flexibility index (Phi) is 5.39. The molecule has 0 saturated heterocycles. The van der Waals surface area contributed by atoms with E-state index in [4.69, 9.17) is 9.47 Å². The highest BCUT2D eigenvalue weighted by molar-refractivity contribution is 6.09. The van der Waals surface area contributed by atoms with Gasteiger partial charge in [-0.15, -0.1) is 0 Å². The summed E-state index contributed by atoms with van der Waals surface area (Å²) in [5.74, 6) is 0.842. The van der Waals surface area contributed by atoms with Crippen molar-refractivity contribution in [1.82, 2.24) is 5.32 Å². The van der Waals surface area contributed by atoms with Crippen LogP contribution in [-0.2, 0) is 6.54 Å². The lowest BCUT2D eigenvalue weighted by Crippen LogP contribution is -2.25. The van der Waals surface area contributed by atoms with Crippen molar-refractivity contribution in [2.75, 3.05) is 12.1 Å². The first-order valence-electron chi connectivity index (χ1n) is 9.65. The number of benzene rings is 3. The van der Waals surface area contributed by atoms with Crippen LogP contribution in [0.15, 0.2) is 60.7 Å². The maximum Gasteiger partial charge on any atom is 0.255 e. The fraction of sp³-hybridized carbons (Fsp3) is 0.167. The Hall–Kier alpha value is -3.80. The van der Waals surface area contributed by atoms with E-state index in [1.807, 2.05) is 50.2 Å². The summed E-state index contributed by atoms with van der Waals surface area (Å²) in [4.78, 5) is 25.5. The molecule has 6 heteroatoms. The smallest absolute Gasteiger partial charge is 0.255 e. The van der Waals surface area contributed by atoms with E-state index in [2.05, 4.69) is 10.6 Å². The topological polar surface area (TPSA) is 76.7 Å². The molecule has 0 aliphatic carbocycles. The number of hydrogen-bond donors (Lipinski definition) is 2. The first-order chi connectivity index (χ1) is 14.5. The number of aryl methyl sites for hydroxylation is 2. The lowest BCUT2D eigenvalue weighted by atomic mass is 10.1. The van der Waals surface area contributed by atoms with Gasteiger partial charge >= 0.3 is 0 Å². The molecule has 0 atom stereocenters. The van der Waals surface area contributed by atoms with Gasteiger partial charge in [0.15, 0.2) is 11.5 Å². The average Bonchev–Trinajstić information content (AvgIpc) is 3.19. The largest absolute Gasteiger partial charge is 0.454 e. The SMILES string of the molecule is Cc1cc(C)cc(C(=O)Nc2ccccc2C(=O)NCc2ccc3c(c2)OCO3)c1. The van der Waals surface area contributed by atoms with Gasteiger partial charge in [0.1, 0.15) is 0 Å². The van der Waals surface area contributed by atoms with Crippen LogP contribution in [0, 0.1) is 13.8 Å². The van der Waals surface area contributed by atoms with E-state index in [1.165, 1.54) is 0 Å². The highest BCUT2D eigenvalue weighted by Gasteiger charge is 2.16. The zero-order valence-electron chi connectivity index (χ0n) is 16.8. The summed E-state index contributed by atoms with van der Waals surface area (Å²) >= 11 is 0. The van der Waals surface area contributed by atoms with E-state index >= 15 is 0 Å². The number of hydrogen-bond acceptors (Lipinski definition) is 4. The molecule has 3 aromatic carbocycles. The number of amides is 2. The maximum atomic E-state index is 12.8. The number of ether oxygens (including phenoxy) is 2. The molecule has 3 aromatic rings. The summed E-state index contributed by atoms with van der Waals surface area (Å²) < 4.78 is 10.7. The molecule has 1 aliphatic heterocycles. The van der Waals surface area contributed by atoms with Gasteiger partial charge in [-0.2, -0.15) is 0 Å². The third-order valence-corrected chi connectivity index (χ3v) is 4.79. The molecule has 1 aliphatic rings. The van der Waals surface area contributed by atoms with Gasteiger partial charge in [0.05, 0.1) is 11.3 Å². The van der Waals surface area contributed by atoms with Crippen molar-refractivity contribution in [2.45, 2.75) is 20.4 Å². The standard InChI is InChI=1S/C24H22N2O4/c1-15-9-16(2)11-18(10-15)23(27)26-20-6-4-3-5-19(20)24(28)25-13-17-7-8-21-22(12-17)30-14-29-21/h3-12H,13-14H2,1-2H3,(H,25,28)(H,26,27). The van der Waals surface area contributed by atoms with Crippen LogP contribution in [0.4, 0.5) is 5.69 Å². The Morgan fingerprint density at radius 2 is 1.60 bits per heavy atom. The quantitative estimate of drug-likeness (QED) is 0.670. The third kappa shape index (κ3) is 4.27. The molecule has 2 amide bonds. The lowest BCUT2D eigenvalue weighted by molar-refractivity contribution is 0.0951. The zero-order valence-corrected chi connectivity index (χ0v) is 16.8. The van der Waals surface area contributed by atoms with Gasteiger partial charge in [-0.1, -0.05) is 35.4 Å². The fourth-order valence-corrected chi connectivity index (χ4v) is 3.42. The van der Waals surface area contributed by atoms with Crippen LogP contribution in [0.25, 0.3) is 0 Å². The molecule has 0 spiro atoms. The van der Waals surface area contributed by atoms with Gasteiger partial charge in [-0.3, -0.25) is 9.59 Å². The van der Waals surface area contributed by atoms with E-state index < -0.39 is 0 Å². The summed E-state index contributed by atoms with van der Waals surface area (Å²) in [6, 6.07) is 18.2. The predicted molar refractivity (Wildman–Crippen MR) is 114 cm³/mol. The normalized spacial score (nSPS) is 11.8. The number of carbonyl (C=O) groups is 2. The molecule has 0 radical (unpaired) electrons. The van der Waals surface area contributed by atoms with Crippen molar-refractivity contribution in [3.63, 3.8) is 0 Å². The van der Waals surface area contributed by atoms with Crippen molar-refractivity contribution in [3.05, 3.63) is 88.5 Å². The van der Waals surface area contributed by atoms with Crippen LogP contribution in [0.1, 0.15) is 37.4 Å². The molecule has 30 heavy (non-hydrogen) atoms. The van der Waals surface area contributed by atoms with Crippen LogP contribution in [-0.4, -0.2) is 18.6 Å². The van der Waals surface area contributed by atoms with E-state index in [-0.39, 0.29) is 18.6 Å². The van der Waals surface area contributed by atoms with Crippen LogP contribution in [0.2, 0.25) is 0 Å². The highest BCUT2D eigenvalue weighted by atomic mass is 16.7. The Labute approximate surface area is 174 Å². The number of para-hydroxylation sites is 1. The second-order valence-electron chi connectivity index (χ2n) is 7.25. The predicted octanol–water partition coefficient (Wildman–Crippen LogP) is 4.21. The monoisotopic (exact) mass is 402 g/mol. The Morgan fingerprint density at radius 1 is 0.867 bits per heavy atom. The van der Waals surface area contributed by atoms with Crippen LogP contribution in [0.5, 0.6) is 11.5 Å². The number of nitrogens with one attached hydrogen (secondary N) is 2. The van der Waals surface area contributed by atoms with Crippen molar-refractivity contribution >= 4 is 17.5 Å². The highest BCUT2D eigenvalue weighted by Crippen LogP contribution is 2.32. The molecule has 0 fully saturated rings. The summed E-state index contributed by atoms with van der Waals surface area (Å²) in [7, 11) is 0. The van der Waals surface area contributed by atoms with Gasteiger partial charge in [-0.25, -0.2) is 0 Å². The minimum atomic E-state index is -0.274. The van der Waals surface area contributed by atoms with Crippen LogP contribution in [0.3, 0.4) is 0 Å². The number of carbonyl (C=O) groups excluding carboxylic acids is 2. The molecular weight excluding hydrogens is 380 g/mol. The fourth-order valence-electron chi connectivity index (χ4n) is 3.42. The van der Waals surface area contributed by atoms with E-state index in [9.17, 15) is 9.59 Å². The second-order valence-corrected chi connectivity index (χ2v) is 7.25. The molecule has 0 bridgehead atoms. The molecule has 0 aromatic heterocycles. The Bertz CT molecular complexity index is 1100. The molecular formula is C24H22N2O4. The first-order valence-corrected chi connectivity index (χ1v) is 9.65. The molecule has 4 rings (SSSR count). The molecule has 0 saturated carbocycles. The van der Waals surface area contributed by atoms with Crippen molar-refractivity contribution in [3.8, 4) is 11.5 Å². The molecule has 6 nitrogen and oxygen atoms in total. The van der Waals surface area contributed by atoms with E-state index in [1.54, 1.807) is 24.3 Å².